The summed E-state index contributed by atoms with van der Waals surface area (Å²) in [4.78, 5) is 26.8. The maximum Gasteiger partial charge on any atom is 0.272 e. The summed E-state index contributed by atoms with van der Waals surface area (Å²) in [5, 5.41) is 8.09. The van der Waals surface area contributed by atoms with Gasteiger partial charge < -0.3 is 15.0 Å². The summed E-state index contributed by atoms with van der Waals surface area (Å²) in [6, 6.07) is 14.7. The first-order valence-electron chi connectivity index (χ1n) is 8.74. The summed E-state index contributed by atoms with van der Waals surface area (Å²) in [5.41, 5.74) is 2.03. The van der Waals surface area contributed by atoms with Gasteiger partial charge in [0, 0.05) is 37.2 Å². The van der Waals surface area contributed by atoms with E-state index in [1.54, 1.807) is 16.7 Å². The topological polar surface area (TPSA) is 76.5 Å². The van der Waals surface area contributed by atoms with Crippen LogP contribution in [0, 0.1) is 0 Å². The molecule has 0 radical (unpaired) electrons. The van der Waals surface area contributed by atoms with Crippen molar-refractivity contribution < 1.29 is 14.3 Å². The summed E-state index contributed by atoms with van der Waals surface area (Å²) in [5.74, 6) is 0.393. The lowest BCUT2D eigenvalue weighted by Crippen LogP contribution is -2.37. The average Bonchev–Trinajstić information content (AvgIpc) is 3.22. The summed E-state index contributed by atoms with van der Waals surface area (Å²) in [7, 11) is 3.40. The van der Waals surface area contributed by atoms with Crippen LogP contribution < -0.4 is 15.0 Å². The maximum absolute atomic E-state index is 12.7. The second kappa shape index (κ2) is 6.75. The van der Waals surface area contributed by atoms with Crippen LogP contribution in [0.15, 0.2) is 48.5 Å². The number of fused-ring (bicyclic) bond motifs is 1. The molecule has 1 aliphatic heterocycles. The molecule has 0 aliphatic carbocycles. The molecule has 4 rings (SSSR count). The molecule has 1 fully saturated rings. The van der Waals surface area contributed by atoms with Gasteiger partial charge in [-0.3, -0.25) is 14.3 Å². The third-order valence-electron chi connectivity index (χ3n) is 4.80. The first-order chi connectivity index (χ1) is 13.1. The molecule has 0 unspecified atom stereocenters. The number of para-hydroxylation sites is 1. The molecule has 7 heteroatoms. The minimum Gasteiger partial charge on any atom is -0.497 e. The number of carbonyl (C=O) groups excluding carboxylic acids is 2. The number of methoxy groups -OCH3 is 1. The maximum atomic E-state index is 12.7. The van der Waals surface area contributed by atoms with Gasteiger partial charge in [0.25, 0.3) is 5.91 Å². The van der Waals surface area contributed by atoms with Crippen molar-refractivity contribution in [3.63, 3.8) is 0 Å². The molecule has 1 aliphatic rings. The summed E-state index contributed by atoms with van der Waals surface area (Å²) in [6.07, 6.45) is 0.258. The van der Waals surface area contributed by atoms with Crippen LogP contribution in [0.1, 0.15) is 16.9 Å². The Morgan fingerprint density at radius 2 is 2.04 bits per heavy atom. The zero-order valence-electron chi connectivity index (χ0n) is 15.2. The van der Waals surface area contributed by atoms with Gasteiger partial charge in [0.05, 0.1) is 18.7 Å². The van der Waals surface area contributed by atoms with Crippen molar-refractivity contribution >= 4 is 28.4 Å². The van der Waals surface area contributed by atoms with Crippen molar-refractivity contribution in [3.05, 3.63) is 54.2 Å². The van der Waals surface area contributed by atoms with Crippen LogP contribution >= 0.6 is 0 Å². The number of aryl methyl sites for hydroxylation is 1. The highest BCUT2D eigenvalue weighted by Crippen LogP contribution is 2.26. The van der Waals surface area contributed by atoms with E-state index in [0.717, 1.165) is 16.6 Å². The van der Waals surface area contributed by atoms with E-state index >= 15 is 0 Å². The Labute approximate surface area is 156 Å². The van der Waals surface area contributed by atoms with Crippen LogP contribution in [0.2, 0.25) is 0 Å². The first-order valence-corrected chi connectivity index (χ1v) is 8.74. The van der Waals surface area contributed by atoms with Crippen LogP contribution in [0.25, 0.3) is 10.9 Å². The molecular weight excluding hydrogens is 344 g/mol. The van der Waals surface area contributed by atoms with Crippen molar-refractivity contribution in [2.75, 3.05) is 18.6 Å². The molecule has 1 saturated heterocycles. The fourth-order valence-electron chi connectivity index (χ4n) is 3.47. The number of benzene rings is 2. The fourth-order valence-corrected chi connectivity index (χ4v) is 3.47. The van der Waals surface area contributed by atoms with Crippen LogP contribution in [0.3, 0.4) is 0 Å². The number of nitrogens with zero attached hydrogens (tertiary/aromatic N) is 3. The molecule has 3 aromatic rings. The lowest BCUT2D eigenvalue weighted by Gasteiger charge is -2.17. The van der Waals surface area contributed by atoms with Gasteiger partial charge in [0.15, 0.2) is 5.69 Å². The van der Waals surface area contributed by atoms with Gasteiger partial charge in [-0.25, -0.2) is 0 Å². The Hall–Kier alpha value is -3.35. The van der Waals surface area contributed by atoms with E-state index in [1.165, 1.54) is 0 Å². The van der Waals surface area contributed by atoms with E-state index in [2.05, 4.69) is 10.4 Å². The molecule has 27 heavy (non-hydrogen) atoms. The van der Waals surface area contributed by atoms with Crippen molar-refractivity contribution in [1.82, 2.24) is 15.1 Å². The highest BCUT2D eigenvalue weighted by Gasteiger charge is 2.32. The van der Waals surface area contributed by atoms with Crippen molar-refractivity contribution in [3.8, 4) is 5.75 Å². The highest BCUT2D eigenvalue weighted by molar-refractivity contribution is 6.05. The van der Waals surface area contributed by atoms with Crippen molar-refractivity contribution in [2.24, 2.45) is 7.05 Å². The van der Waals surface area contributed by atoms with E-state index in [0.29, 0.717) is 18.0 Å². The zero-order valence-corrected chi connectivity index (χ0v) is 15.2. The smallest absolute Gasteiger partial charge is 0.272 e. The summed E-state index contributed by atoms with van der Waals surface area (Å²) in [6.45, 7) is 0.419. The molecular formula is C20H20N4O3. The fraction of sp³-hybridized carbons (Fsp3) is 0.250. The van der Waals surface area contributed by atoms with E-state index in [9.17, 15) is 9.59 Å². The van der Waals surface area contributed by atoms with Crippen molar-refractivity contribution in [2.45, 2.75) is 12.5 Å². The SMILES string of the molecule is COc1cccc(N2C[C@@H](NC(=O)c3nn(C)c4ccccc34)CC2=O)c1. The monoisotopic (exact) mass is 364 g/mol. The predicted octanol–water partition coefficient (Wildman–Crippen LogP) is 2.12. The molecule has 2 heterocycles. The van der Waals surface area contributed by atoms with Gasteiger partial charge in [-0.1, -0.05) is 24.3 Å². The Balaban J connectivity index is 1.52. The predicted molar refractivity (Wildman–Crippen MR) is 102 cm³/mol. The third kappa shape index (κ3) is 3.12. The van der Waals surface area contributed by atoms with Gasteiger partial charge in [-0.2, -0.15) is 5.10 Å². The zero-order chi connectivity index (χ0) is 19.0. The Morgan fingerprint density at radius 1 is 1.22 bits per heavy atom. The van der Waals surface area contributed by atoms with Gasteiger partial charge in [0.1, 0.15) is 5.75 Å². The molecule has 138 valence electrons. The summed E-state index contributed by atoms with van der Waals surface area (Å²) >= 11 is 0. The Bertz CT molecular complexity index is 1030. The standard InChI is InChI=1S/C20H20N4O3/c1-23-17-9-4-3-8-16(17)19(22-23)20(26)21-13-10-18(25)24(12-13)14-6-5-7-15(11-14)27-2/h3-9,11,13H,10,12H2,1-2H3,(H,21,26)/t13-/m0/s1. The van der Waals surface area contributed by atoms with Gasteiger partial charge in [-0.05, 0) is 18.2 Å². The number of hydrogen-bond acceptors (Lipinski definition) is 4. The second-order valence-electron chi connectivity index (χ2n) is 6.57. The lowest BCUT2D eigenvalue weighted by atomic mass is 10.2. The van der Waals surface area contributed by atoms with E-state index in [-0.39, 0.29) is 24.3 Å². The average molecular weight is 364 g/mol. The molecule has 2 aromatic carbocycles. The number of ether oxygens (including phenoxy) is 1. The van der Waals surface area contributed by atoms with Crippen LogP contribution in [-0.2, 0) is 11.8 Å². The highest BCUT2D eigenvalue weighted by atomic mass is 16.5. The van der Waals surface area contributed by atoms with Crippen LogP contribution in [-0.4, -0.2) is 41.3 Å². The Kier molecular flexibility index (Phi) is 4.27. The quantitative estimate of drug-likeness (QED) is 0.769. The largest absolute Gasteiger partial charge is 0.497 e. The number of carbonyl (C=O) groups is 2. The van der Waals surface area contributed by atoms with E-state index in [4.69, 9.17) is 4.74 Å². The van der Waals surface area contributed by atoms with E-state index in [1.807, 2.05) is 55.6 Å². The van der Waals surface area contributed by atoms with E-state index < -0.39 is 0 Å². The minimum absolute atomic E-state index is 0.0283. The number of rotatable bonds is 4. The van der Waals surface area contributed by atoms with Gasteiger partial charge in [-0.15, -0.1) is 0 Å². The first kappa shape index (κ1) is 17.1. The molecule has 7 nitrogen and oxygen atoms in total. The third-order valence-corrected chi connectivity index (χ3v) is 4.80. The van der Waals surface area contributed by atoms with Gasteiger partial charge >= 0.3 is 0 Å². The van der Waals surface area contributed by atoms with Crippen LogP contribution in [0.5, 0.6) is 5.75 Å². The number of amides is 2. The summed E-state index contributed by atoms with van der Waals surface area (Å²) < 4.78 is 6.91. The van der Waals surface area contributed by atoms with Crippen molar-refractivity contribution in [1.29, 1.82) is 0 Å². The molecule has 1 N–H and O–H groups in total. The van der Waals surface area contributed by atoms with Gasteiger partial charge in [0.2, 0.25) is 5.91 Å². The minimum atomic E-state index is -0.267. The second-order valence-corrected chi connectivity index (χ2v) is 6.57. The molecule has 1 aromatic heterocycles. The molecule has 2 amide bonds. The number of aromatic nitrogens is 2. The number of anilines is 1. The Morgan fingerprint density at radius 3 is 2.85 bits per heavy atom. The molecule has 1 atom stereocenters. The molecule has 0 saturated carbocycles. The lowest BCUT2D eigenvalue weighted by molar-refractivity contribution is -0.117. The molecule has 0 spiro atoms. The van der Waals surface area contributed by atoms with Crippen LogP contribution in [0.4, 0.5) is 5.69 Å². The normalized spacial score (nSPS) is 16.7. The number of nitrogens with one attached hydrogen (secondary N) is 1. The number of hydrogen-bond donors (Lipinski definition) is 1. The molecule has 0 bridgehead atoms.